The molecular formula is C21H28N4O3. The maximum atomic E-state index is 13.2. The Morgan fingerprint density at radius 2 is 1.96 bits per heavy atom. The van der Waals surface area contributed by atoms with Gasteiger partial charge in [0.05, 0.1) is 11.3 Å². The molecule has 4 rings (SSSR count). The summed E-state index contributed by atoms with van der Waals surface area (Å²) in [6.07, 6.45) is 3.02. The Labute approximate surface area is 165 Å². The molecule has 0 aliphatic carbocycles. The van der Waals surface area contributed by atoms with Gasteiger partial charge < -0.3 is 15.1 Å². The summed E-state index contributed by atoms with van der Waals surface area (Å²) in [5.41, 5.74) is 2.04. The Morgan fingerprint density at radius 1 is 1.21 bits per heavy atom. The molecule has 2 fully saturated rings. The van der Waals surface area contributed by atoms with Crippen LogP contribution in [0.15, 0.2) is 18.2 Å². The third-order valence-corrected chi connectivity index (χ3v) is 6.14. The van der Waals surface area contributed by atoms with Crippen molar-refractivity contribution in [2.24, 2.45) is 5.92 Å². The molecule has 3 heterocycles. The summed E-state index contributed by atoms with van der Waals surface area (Å²) >= 11 is 0. The fourth-order valence-corrected chi connectivity index (χ4v) is 4.66. The van der Waals surface area contributed by atoms with E-state index in [2.05, 4.69) is 16.7 Å². The van der Waals surface area contributed by atoms with Gasteiger partial charge in [0, 0.05) is 26.2 Å². The van der Waals surface area contributed by atoms with E-state index in [1.165, 1.54) is 5.56 Å². The van der Waals surface area contributed by atoms with Gasteiger partial charge in [0.15, 0.2) is 0 Å². The zero-order chi connectivity index (χ0) is 19.9. The molecule has 1 aromatic carbocycles. The first-order valence-corrected chi connectivity index (χ1v) is 10.2. The first kappa shape index (κ1) is 18.8. The fourth-order valence-electron chi connectivity index (χ4n) is 4.66. The van der Waals surface area contributed by atoms with E-state index in [-0.39, 0.29) is 23.8 Å². The Kier molecular flexibility index (Phi) is 4.77. The fraction of sp³-hybridized carbons (Fsp3) is 0.571. The number of likely N-dealkylation sites (tertiary alicyclic amines) is 1. The average molecular weight is 384 g/mol. The van der Waals surface area contributed by atoms with Crippen molar-refractivity contribution < 1.29 is 14.4 Å². The Morgan fingerprint density at radius 3 is 2.68 bits per heavy atom. The van der Waals surface area contributed by atoms with Crippen LogP contribution in [0.4, 0.5) is 10.5 Å². The van der Waals surface area contributed by atoms with E-state index in [0.29, 0.717) is 38.0 Å². The maximum absolute atomic E-state index is 13.2. The summed E-state index contributed by atoms with van der Waals surface area (Å²) in [7, 11) is 0. The van der Waals surface area contributed by atoms with E-state index in [1.807, 2.05) is 30.9 Å². The number of benzene rings is 1. The van der Waals surface area contributed by atoms with Crippen LogP contribution in [0.2, 0.25) is 0 Å². The summed E-state index contributed by atoms with van der Waals surface area (Å²) in [6.45, 7) is 6.44. The molecule has 1 spiro atoms. The number of para-hydroxylation sites is 1. The Balaban J connectivity index is 1.52. The lowest BCUT2D eigenvalue weighted by molar-refractivity contribution is -0.129. The minimum Gasteiger partial charge on any atom is -0.384 e. The Bertz CT molecular complexity index is 812. The van der Waals surface area contributed by atoms with E-state index in [9.17, 15) is 14.4 Å². The summed E-state index contributed by atoms with van der Waals surface area (Å²) in [4.78, 5) is 41.6. The van der Waals surface area contributed by atoms with Gasteiger partial charge in [-0.2, -0.15) is 0 Å². The van der Waals surface area contributed by atoms with Crippen molar-refractivity contribution in [3.8, 4) is 0 Å². The number of hydrogen-bond acceptors (Lipinski definition) is 4. The third kappa shape index (κ3) is 3.02. The molecule has 2 N–H and O–H groups in total. The van der Waals surface area contributed by atoms with Crippen LogP contribution in [0.5, 0.6) is 0 Å². The molecule has 0 unspecified atom stereocenters. The molecule has 4 amide bonds. The van der Waals surface area contributed by atoms with Crippen LogP contribution < -0.4 is 10.6 Å². The van der Waals surface area contributed by atoms with Gasteiger partial charge in [-0.1, -0.05) is 26.0 Å². The largest absolute Gasteiger partial charge is 0.384 e. The Hall–Kier alpha value is -2.57. The molecule has 0 radical (unpaired) electrons. The number of fused-ring (bicyclic) bond motifs is 1. The molecule has 150 valence electrons. The minimum absolute atomic E-state index is 0.00115. The van der Waals surface area contributed by atoms with Crippen molar-refractivity contribution in [1.82, 2.24) is 15.1 Å². The normalized spacial score (nSPS) is 21.0. The second-order valence-electron chi connectivity index (χ2n) is 8.46. The highest BCUT2D eigenvalue weighted by Crippen LogP contribution is 2.35. The average Bonchev–Trinajstić information content (AvgIpc) is 2.91. The van der Waals surface area contributed by atoms with Gasteiger partial charge in [-0.3, -0.25) is 14.9 Å². The molecule has 0 aromatic heterocycles. The summed E-state index contributed by atoms with van der Waals surface area (Å²) < 4.78 is 0. The highest BCUT2D eigenvalue weighted by molar-refractivity contribution is 6.07. The molecule has 0 bridgehead atoms. The first-order valence-electron chi connectivity index (χ1n) is 10.2. The van der Waals surface area contributed by atoms with Crippen molar-refractivity contribution in [1.29, 1.82) is 0 Å². The number of carbonyl (C=O) groups is 3. The number of rotatable bonds is 3. The van der Waals surface area contributed by atoms with Gasteiger partial charge in [-0.05, 0) is 43.2 Å². The van der Waals surface area contributed by atoms with E-state index in [1.54, 1.807) is 4.90 Å². The molecule has 1 aromatic rings. The van der Waals surface area contributed by atoms with Gasteiger partial charge in [-0.25, -0.2) is 4.79 Å². The number of amides is 4. The van der Waals surface area contributed by atoms with Crippen LogP contribution in [0.25, 0.3) is 0 Å². The van der Waals surface area contributed by atoms with E-state index < -0.39 is 5.54 Å². The molecule has 7 heteroatoms. The number of nitrogens with one attached hydrogen (secondary N) is 2. The second kappa shape index (κ2) is 7.11. The van der Waals surface area contributed by atoms with Crippen LogP contribution in [-0.2, 0) is 11.2 Å². The van der Waals surface area contributed by atoms with Gasteiger partial charge >= 0.3 is 6.03 Å². The maximum Gasteiger partial charge on any atom is 0.325 e. The van der Waals surface area contributed by atoms with E-state index >= 15 is 0 Å². The van der Waals surface area contributed by atoms with Crippen molar-refractivity contribution in [3.05, 3.63) is 29.3 Å². The highest BCUT2D eigenvalue weighted by Gasteiger charge is 2.54. The van der Waals surface area contributed by atoms with Gasteiger partial charge in [-0.15, -0.1) is 0 Å². The quantitative estimate of drug-likeness (QED) is 0.783. The monoisotopic (exact) mass is 384 g/mol. The first-order chi connectivity index (χ1) is 13.4. The lowest BCUT2D eigenvalue weighted by atomic mass is 9.85. The highest BCUT2D eigenvalue weighted by atomic mass is 16.2. The van der Waals surface area contributed by atoms with Crippen molar-refractivity contribution >= 4 is 23.5 Å². The molecule has 28 heavy (non-hydrogen) atoms. The number of hydrogen-bond donors (Lipinski definition) is 2. The molecule has 2 saturated heterocycles. The number of nitrogens with zero attached hydrogens (tertiary/aromatic N) is 2. The van der Waals surface area contributed by atoms with Gasteiger partial charge in [0.25, 0.3) is 11.8 Å². The number of aryl methyl sites for hydroxylation is 1. The smallest absolute Gasteiger partial charge is 0.325 e. The standard InChI is InChI=1S/C21H28N4O3/c1-14(2)13-25-20(28)23-19(27)21(25)8-11-24(12-9-21)18(26)16-7-3-5-15-6-4-10-22-17(15)16/h3,5,7,14,22H,4,6,8-13H2,1-2H3,(H,23,27,28). The van der Waals surface area contributed by atoms with Crippen molar-refractivity contribution in [2.75, 3.05) is 31.5 Å². The zero-order valence-corrected chi connectivity index (χ0v) is 16.6. The van der Waals surface area contributed by atoms with Crippen LogP contribution in [0.3, 0.4) is 0 Å². The van der Waals surface area contributed by atoms with Crippen molar-refractivity contribution in [2.45, 2.75) is 45.1 Å². The summed E-state index contributed by atoms with van der Waals surface area (Å²) in [5, 5.41) is 5.86. The van der Waals surface area contributed by atoms with Crippen molar-refractivity contribution in [3.63, 3.8) is 0 Å². The number of piperidine rings is 1. The molecule has 3 aliphatic heterocycles. The number of carbonyl (C=O) groups excluding carboxylic acids is 3. The number of anilines is 1. The van der Waals surface area contributed by atoms with Crippen LogP contribution >= 0.6 is 0 Å². The molecule has 0 atom stereocenters. The topological polar surface area (TPSA) is 81.8 Å². The molecular weight excluding hydrogens is 356 g/mol. The third-order valence-electron chi connectivity index (χ3n) is 6.14. The van der Waals surface area contributed by atoms with Crippen LogP contribution in [-0.4, -0.2) is 59.4 Å². The second-order valence-corrected chi connectivity index (χ2v) is 8.46. The number of imide groups is 1. The van der Waals surface area contributed by atoms with Gasteiger partial charge in [0.1, 0.15) is 5.54 Å². The summed E-state index contributed by atoms with van der Waals surface area (Å²) in [6, 6.07) is 5.58. The lowest BCUT2D eigenvalue weighted by Gasteiger charge is -2.43. The minimum atomic E-state index is -0.813. The molecule has 3 aliphatic rings. The van der Waals surface area contributed by atoms with E-state index in [4.69, 9.17) is 0 Å². The number of urea groups is 1. The molecule has 7 nitrogen and oxygen atoms in total. The van der Waals surface area contributed by atoms with Crippen LogP contribution in [0.1, 0.15) is 49.0 Å². The van der Waals surface area contributed by atoms with Crippen LogP contribution in [0, 0.1) is 5.92 Å². The zero-order valence-electron chi connectivity index (χ0n) is 16.6. The lowest BCUT2D eigenvalue weighted by Crippen LogP contribution is -2.58. The summed E-state index contributed by atoms with van der Waals surface area (Å²) in [5.74, 6) is 0.0559. The predicted molar refractivity (Wildman–Crippen MR) is 106 cm³/mol. The molecule has 0 saturated carbocycles. The van der Waals surface area contributed by atoms with Gasteiger partial charge in [0.2, 0.25) is 0 Å². The SMILES string of the molecule is CC(C)CN1C(=O)NC(=O)C12CCN(C(=O)c1cccc3c1NCCC3)CC2. The predicted octanol–water partition coefficient (Wildman–Crippen LogP) is 2.23. The van der Waals surface area contributed by atoms with E-state index in [0.717, 1.165) is 25.1 Å².